The molecule has 1 aromatic heterocycles. The standard InChI is InChI=1S/C30H44N6O/c1-33(2)30(26-6-4-3-5-7-26)14-12-29(13-15-30)22-35(28(37)36(29)21-24-8-9-24)20-25-10-16-34(17-11-25)27-18-31-23-32-19-27/h3-7,18-19,23-25,28,37H,8-17,20-22H2,1-2H3. The summed E-state index contributed by atoms with van der Waals surface area (Å²) in [6, 6.07) is 11.1. The molecule has 6 rings (SSSR count). The van der Waals surface area contributed by atoms with Gasteiger partial charge in [-0.3, -0.25) is 14.7 Å². The lowest BCUT2D eigenvalue weighted by atomic mass is 9.68. The first-order valence-corrected chi connectivity index (χ1v) is 14.4. The lowest BCUT2D eigenvalue weighted by molar-refractivity contribution is -0.0966. The van der Waals surface area contributed by atoms with Gasteiger partial charge in [-0.15, -0.1) is 0 Å². The summed E-state index contributed by atoms with van der Waals surface area (Å²) < 4.78 is 0. The van der Waals surface area contributed by atoms with Crippen molar-refractivity contribution in [3.8, 4) is 0 Å². The largest absolute Gasteiger partial charge is 0.369 e. The van der Waals surface area contributed by atoms with Crippen molar-refractivity contribution in [2.75, 3.05) is 51.7 Å². The van der Waals surface area contributed by atoms with Crippen LogP contribution in [0.1, 0.15) is 56.9 Å². The second-order valence-electron chi connectivity index (χ2n) is 12.4. The Morgan fingerprint density at radius 3 is 2.16 bits per heavy atom. The highest BCUT2D eigenvalue weighted by Crippen LogP contribution is 2.50. The number of hydrogen-bond acceptors (Lipinski definition) is 7. The molecule has 7 nitrogen and oxygen atoms in total. The third-order valence-corrected chi connectivity index (χ3v) is 10.1. The molecule has 37 heavy (non-hydrogen) atoms. The highest BCUT2D eigenvalue weighted by molar-refractivity contribution is 5.41. The van der Waals surface area contributed by atoms with Crippen molar-refractivity contribution in [3.05, 3.63) is 54.6 Å². The number of hydrogen-bond donors (Lipinski definition) is 1. The Hall–Kier alpha value is -2.06. The fourth-order valence-electron chi connectivity index (χ4n) is 7.49. The van der Waals surface area contributed by atoms with Gasteiger partial charge in [-0.1, -0.05) is 30.3 Å². The number of piperidine rings is 1. The summed E-state index contributed by atoms with van der Waals surface area (Å²) in [6.45, 7) is 5.15. The SMILES string of the molecule is CN(C)C1(c2ccccc2)CCC2(CC1)CN(CC1CCN(c3cncnc3)CC1)C(O)N2CC1CC1. The van der Waals surface area contributed by atoms with Crippen LogP contribution in [0.3, 0.4) is 0 Å². The summed E-state index contributed by atoms with van der Waals surface area (Å²) in [5.74, 6) is 1.40. The van der Waals surface area contributed by atoms with Crippen LogP contribution in [0.4, 0.5) is 5.69 Å². The molecule has 1 unspecified atom stereocenters. The van der Waals surface area contributed by atoms with Crippen LogP contribution in [-0.2, 0) is 5.54 Å². The van der Waals surface area contributed by atoms with Crippen molar-refractivity contribution >= 4 is 5.69 Å². The predicted molar refractivity (Wildman–Crippen MR) is 147 cm³/mol. The van der Waals surface area contributed by atoms with E-state index in [4.69, 9.17) is 0 Å². The summed E-state index contributed by atoms with van der Waals surface area (Å²) in [6.07, 6.45) is 14.5. The minimum atomic E-state index is -0.440. The first kappa shape index (κ1) is 25.2. The fourth-order valence-corrected chi connectivity index (χ4v) is 7.49. The fraction of sp³-hybridized carbons (Fsp3) is 0.667. The van der Waals surface area contributed by atoms with Gasteiger partial charge in [-0.2, -0.15) is 0 Å². The second kappa shape index (κ2) is 10.3. The molecule has 2 aliphatic carbocycles. The molecular formula is C30H44N6O. The number of anilines is 1. The minimum absolute atomic E-state index is 0.0874. The van der Waals surface area contributed by atoms with Gasteiger partial charge in [-0.05, 0) is 82.9 Å². The zero-order valence-electron chi connectivity index (χ0n) is 22.7. The van der Waals surface area contributed by atoms with Crippen molar-refractivity contribution in [3.63, 3.8) is 0 Å². The average molecular weight is 505 g/mol. The van der Waals surface area contributed by atoms with Crippen LogP contribution in [0.15, 0.2) is 49.1 Å². The number of aliphatic hydroxyl groups excluding tert-OH is 1. The number of aromatic nitrogens is 2. The molecule has 4 fully saturated rings. The lowest BCUT2D eigenvalue weighted by Crippen LogP contribution is -2.56. The first-order chi connectivity index (χ1) is 18.0. The van der Waals surface area contributed by atoms with E-state index in [1.807, 2.05) is 12.4 Å². The number of rotatable bonds is 7. The van der Waals surface area contributed by atoms with Crippen molar-refractivity contribution in [2.45, 2.75) is 68.8 Å². The smallest absolute Gasteiger partial charge is 0.166 e. The van der Waals surface area contributed by atoms with E-state index < -0.39 is 6.35 Å². The Kier molecular flexibility index (Phi) is 6.99. The van der Waals surface area contributed by atoms with Crippen LogP contribution in [0.25, 0.3) is 0 Å². The van der Waals surface area contributed by atoms with E-state index in [1.165, 1.54) is 18.4 Å². The predicted octanol–water partition coefficient (Wildman–Crippen LogP) is 3.77. The van der Waals surface area contributed by atoms with E-state index in [0.29, 0.717) is 5.92 Å². The summed E-state index contributed by atoms with van der Waals surface area (Å²) >= 11 is 0. The van der Waals surface area contributed by atoms with Crippen molar-refractivity contribution < 1.29 is 5.11 Å². The first-order valence-electron chi connectivity index (χ1n) is 14.4. The van der Waals surface area contributed by atoms with E-state index in [2.05, 4.69) is 74.0 Å². The van der Waals surface area contributed by atoms with Gasteiger partial charge >= 0.3 is 0 Å². The molecule has 0 radical (unpaired) electrons. The van der Waals surface area contributed by atoms with Crippen LogP contribution in [0.5, 0.6) is 0 Å². The molecular weight excluding hydrogens is 460 g/mol. The monoisotopic (exact) mass is 504 g/mol. The van der Waals surface area contributed by atoms with Gasteiger partial charge in [0.1, 0.15) is 6.33 Å². The van der Waals surface area contributed by atoms with Crippen LogP contribution in [0.2, 0.25) is 0 Å². The van der Waals surface area contributed by atoms with E-state index in [1.54, 1.807) is 6.33 Å². The minimum Gasteiger partial charge on any atom is -0.369 e. The van der Waals surface area contributed by atoms with Crippen LogP contribution < -0.4 is 4.90 Å². The van der Waals surface area contributed by atoms with E-state index in [9.17, 15) is 5.11 Å². The summed E-state index contributed by atoms with van der Waals surface area (Å²) in [7, 11) is 4.49. The van der Waals surface area contributed by atoms with Crippen LogP contribution >= 0.6 is 0 Å². The zero-order chi connectivity index (χ0) is 25.5. The molecule has 1 aromatic carbocycles. The Bertz CT molecular complexity index is 1010. The topological polar surface area (TPSA) is 59.0 Å². The molecule has 1 atom stereocenters. The molecule has 2 aromatic rings. The maximum Gasteiger partial charge on any atom is 0.166 e. The number of benzene rings is 1. The number of aliphatic hydroxyl groups is 1. The molecule has 2 aliphatic heterocycles. The summed E-state index contributed by atoms with van der Waals surface area (Å²) in [4.78, 5) is 18.2. The van der Waals surface area contributed by atoms with E-state index >= 15 is 0 Å². The lowest BCUT2D eigenvalue weighted by Gasteiger charge is -2.51. The molecule has 2 saturated carbocycles. The summed E-state index contributed by atoms with van der Waals surface area (Å²) in [5, 5.41) is 11.7. The maximum atomic E-state index is 11.7. The number of nitrogens with zero attached hydrogens (tertiary/aromatic N) is 6. The van der Waals surface area contributed by atoms with Crippen molar-refractivity contribution in [1.82, 2.24) is 24.7 Å². The van der Waals surface area contributed by atoms with Gasteiger partial charge in [0, 0.05) is 43.8 Å². The van der Waals surface area contributed by atoms with Gasteiger partial charge in [0.25, 0.3) is 0 Å². The van der Waals surface area contributed by atoms with Gasteiger partial charge in [0.2, 0.25) is 0 Å². The van der Waals surface area contributed by atoms with Gasteiger partial charge in [0.05, 0.1) is 18.1 Å². The average Bonchev–Trinajstić information content (AvgIpc) is 3.73. The van der Waals surface area contributed by atoms with Gasteiger partial charge in [0.15, 0.2) is 6.35 Å². The third-order valence-electron chi connectivity index (χ3n) is 10.1. The molecule has 7 heteroatoms. The molecule has 1 spiro atoms. The molecule has 0 bridgehead atoms. The molecule has 1 N–H and O–H groups in total. The third kappa shape index (κ3) is 4.91. The summed E-state index contributed by atoms with van der Waals surface area (Å²) in [5.41, 5.74) is 2.75. The molecule has 200 valence electrons. The normalized spacial score (nSPS) is 32.0. The Morgan fingerprint density at radius 2 is 1.54 bits per heavy atom. The van der Waals surface area contributed by atoms with E-state index in [0.717, 1.165) is 82.9 Å². The quantitative estimate of drug-likeness (QED) is 0.616. The van der Waals surface area contributed by atoms with Crippen LogP contribution in [-0.4, -0.2) is 88.5 Å². The molecule has 4 aliphatic rings. The Labute approximate surface area is 222 Å². The highest BCUT2D eigenvalue weighted by atomic mass is 16.3. The van der Waals surface area contributed by atoms with Crippen molar-refractivity contribution in [2.24, 2.45) is 11.8 Å². The Balaban J connectivity index is 1.14. The molecule has 3 heterocycles. The molecule has 2 saturated heterocycles. The van der Waals surface area contributed by atoms with Crippen molar-refractivity contribution in [1.29, 1.82) is 0 Å². The Morgan fingerprint density at radius 1 is 0.892 bits per heavy atom. The van der Waals surface area contributed by atoms with Gasteiger partial charge < -0.3 is 10.0 Å². The van der Waals surface area contributed by atoms with Gasteiger partial charge in [-0.25, -0.2) is 9.97 Å². The highest BCUT2D eigenvalue weighted by Gasteiger charge is 2.55. The zero-order valence-corrected chi connectivity index (χ0v) is 22.7. The van der Waals surface area contributed by atoms with E-state index in [-0.39, 0.29) is 11.1 Å². The maximum absolute atomic E-state index is 11.7. The second-order valence-corrected chi connectivity index (χ2v) is 12.4. The van der Waals surface area contributed by atoms with Crippen LogP contribution in [0, 0.1) is 11.8 Å². The molecule has 0 amide bonds.